The molecule has 0 aromatic rings. The van der Waals surface area contributed by atoms with Crippen molar-refractivity contribution in [2.24, 2.45) is 5.92 Å². The Hall–Kier alpha value is 0.400. The van der Waals surface area contributed by atoms with E-state index >= 15 is 0 Å². The Bertz CT molecular complexity index is 116. The van der Waals surface area contributed by atoms with Crippen LogP contribution in [0.15, 0.2) is 0 Å². The van der Waals surface area contributed by atoms with Gasteiger partial charge < -0.3 is 0 Å². The number of carbonyl (C=O) groups excluding carboxylic acids is 1. The zero-order valence-electron chi connectivity index (χ0n) is 6.11. The Labute approximate surface area is 75.7 Å². The quantitative estimate of drug-likeness (QED) is 0.545. The number of hydrogen-bond acceptors (Lipinski definition) is 1. The standard InChI is InChI=1S/C8H13IO/c9-6-8(10)7-4-2-1-3-5-7/h7H,1-6H2. The summed E-state index contributed by atoms with van der Waals surface area (Å²) in [5.41, 5.74) is 0. The summed E-state index contributed by atoms with van der Waals surface area (Å²) in [6.45, 7) is 0. The number of carbonyl (C=O) groups is 1. The molecular weight excluding hydrogens is 239 g/mol. The molecule has 0 bridgehead atoms. The van der Waals surface area contributed by atoms with E-state index < -0.39 is 0 Å². The molecule has 58 valence electrons. The molecular formula is C8H13IO. The third-order valence-electron chi connectivity index (χ3n) is 2.19. The second kappa shape index (κ2) is 4.31. The zero-order chi connectivity index (χ0) is 7.40. The molecule has 0 radical (unpaired) electrons. The lowest BCUT2D eigenvalue weighted by atomic mass is 9.87. The van der Waals surface area contributed by atoms with E-state index in [2.05, 4.69) is 22.6 Å². The molecule has 0 saturated heterocycles. The summed E-state index contributed by atoms with van der Waals surface area (Å²) < 4.78 is 0.711. The fourth-order valence-electron chi connectivity index (χ4n) is 1.53. The van der Waals surface area contributed by atoms with E-state index in [-0.39, 0.29) is 0 Å². The van der Waals surface area contributed by atoms with Crippen LogP contribution >= 0.6 is 22.6 Å². The molecule has 0 unspecified atom stereocenters. The van der Waals surface area contributed by atoms with E-state index in [0.29, 0.717) is 16.1 Å². The molecule has 1 fully saturated rings. The molecule has 0 heterocycles. The second-order valence-corrected chi connectivity index (χ2v) is 3.70. The molecule has 1 aliphatic rings. The molecule has 0 spiro atoms. The highest BCUT2D eigenvalue weighted by atomic mass is 127. The van der Waals surface area contributed by atoms with Gasteiger partial charge in [-0.2, -0.15) is 0 Å². The zero-order valence-corrected chi connectivity index (χ0v) is 8.26. The maximum atomic E-state index is 11.2. The highest BCUT2D eigenvalue weighted by molar-refractivity contribution is 14.1. The molecule has 0 amide bonds. The van der Waals surface area contributed by atoms with Crippen molar-refractivity contribution >= 4 is 28.4 Å². The molecule has 1 aliphatic carbocycles. The van der Waals surface area contributed by atoms with Crippen LogP contribution in [0, 0.1) is 5.92 Å². The van der Waals surface area contributed by atoms with Gasteiger partial charge in [0, 0.05) is 5.92 Å². The van der Waals surface area contributed by atoms with Gasteiger partial charge in [0.05, 0.1) is 4.43 Å². The van der Waals surface area contributed by atoms with Gasteiger partial charge in [0.1, 0.15) is 5.78 Å². The van der Waals surface area contributed by atoms with E-state index in [0.717, 1.165) is 12.8 Å². The molecule has 10 heavy (non-hydrogen) atoms. The smallest absolute Gasteiger partial charge is 0.145 e. The van der Waals surface area contributed by atoms with Crippen molar-refractivity contribution in [3.05, 3.63) is 0 Å². The molecule has 0 aliphatic heterocycles. The van der Waals surface area contributed by atoms with Crippen molar-refractivity contribution in [3.63, 3.8) is 0 Å². The average molecular weight is 252 g/mol. The number of hydrogen-bond donors (Lipinski definition) is 0. The lowest BCUT2D eigenvalue weighted by molar-refractivity contribution is -0.120. The fraction of sp³-hybridized carbons (Fsp3) is 0.875. The monoisotopic (exact) mass is 252 g/mol. The predicted molar refractivity (Wildman–Crippen MR) is 50.5 cm³/mol. The van der Waals surface area contributed by atoms with E-state index in [4.69, 9.17) is 0 Å². The second-order valence-electron chi connectivity index (χ2n) is 2.93. The third kappa shape index (κ3) is 2.22. The van der Waals surface area contributed by atoms with Crippen molar-refractivity contribution in [1.82, 2.24) is 0 Å². The van der Waals surface area contributed by atoms with Crippen LogP contribution in [0.3, 0.4) is 0 Å². The van der Waals surface area contributed by atoms with Gasteiger partial charge in [-0.1, -0.05) is 41.9 Å². The summed E-state index contributed by atoms with van der Waals surface area (Å²) in [4.78, 5) is 11.2. The van der Waals surface area contributed by atoms with Gasteiger partial charge in [0.25, 0.3) is 0 Å². The van der Waals surface area contributed by atoms with Gasteiger partial charge in [-0.05, 0) is 12.8 Å². The van der Waals surface area contributed by atoms with Gasteiger partial charge >= 0.3 is 0 Å². The van der Waals surface area contributed by atoms with Crippen LogP contribution < -0.4 is 0 Å². The van der Waals surface area contributed by atoms with E-state index in [1.54, 1.807) is 0 Å². The first-order chi connectivity index (χ1) is 4.84. The highest BCUT2D eigenvalue weighted by Gasteiger charge is 2.19. The van der Waals surface area contributed by atoms with Crippen molar-refractivity contribution in [1.29, 1.82) is 0 Å². The topological polar surface area (TPSA) is 17.1 Å². The number of rotatable bonds is 2. The van der Waals surface area contributed by atoms with Gasteiger partial charge in [0.2, 0.25) is 0 Å². The van der Waals surface area contributed by atoms with Gasteiger partial charge in [-0.3, -0.25) is 4.79 Å². The van der Waals surface area contributed by atoms with Gasteiger partial charge in [-0.25, -0.2) is 0 Å². The van der Waals surface area contributed by atoms with Gasteiger partial charge in [0.15, 0.2) is 0 Å². The minimum Gasteiger partial charge on any atom is -0.299 e. The van der Waals surface area contributed by atoms with Crippen molar-refractivity contribution < 1.29 is 4.79 Å². The first kappa shape index (κ1) is 8.50. The van der Waals surface area contributed by atoms with Crippen LogP contribution in [0.1, 0.15) is 32.1 Å². The Morgan fingerprint density at radius 1 is 1.30 bits per heavy atom. The van der Waals surface area contributed by atoms with Crippen LogP contribution in [0.5, 0.6) is 0 Å². The van der Waals surface area contributed by atoms with E-state index in [1.165, 1.54) is 19.3 Å². The fourth-order valence-corrected chi connectivity index (χ4v) is 2.16. The predicted octanol–water partition coefficient (Wildman–Crippen LogP) is 2.57. The Balaban J connectivity index is 2.31. The summed E-state index contributed by atoms with van der Waals surface area (Å²) in [6, 6.07) is 0. The molecule has 0 aromatic carbocycles. The molecule has 0 atom stereocenters. The van der Waals surface area contributed by atoms with Crippen LogP contribution in [0.4, 0.5) is 0 Å². The lowest BCUT2D eigenvalue weighted by Crippen LogP contribution is -2.18. The molecule has 1 rings (SSSR count). The normalized spacial score (nSPS) is 20.9. The summed E-state index contributed by atoms with van der Waals surface area (Å²) in [5.74, 6) is 0.894. The van der Waals surface area contributed by atoms with Crippen LogP contribution in [0.25, 0.3) is 0 Å². The Morgan fingerprint density at radius 2 is 1.90 bits per heavy atom. The SMILES string of the molecule is O=C(CI)C1CCCCC1. The Morgan fingerprint density at radius 3 is 2.40 bits per heavy atom. The minimum atomic E-state index is 0.422. The summed E-state index contributed by atoms with van der Waals surface area (Å²) in [6.07, 6.45) is 6.19. The highest BCUT2D eigenvalue weighted by Crippen LogP contribution is 2.24. The van der Waals surface area contributed by atoms with Crippen molar-refractivity contribution in [3.8, 4) is 0 Å². The molecule has 1 nitrogen and oxygen atoms in total. The lowest BCUT2D eigenvalue weighted by Gasteiger charge is -2.18. The Kier molecular flexibility index (Phi) is 3.66. The maximum Gasteiger partial charge on any atom is 0.145 e. The van der Waals surface area contributed by atoms with Crippen molar-refractivity contribution in [2.75, 3.05) is 4.43 Å². The van der Waals surface area contributed by atoms with Gasteiger partial charge in [-0.15, -0.1) is 0 Å². The van der Waals surface area contributed by atoms with E-state index in [1.807, 2.05) is 0 Å². The van der Waals surface area contributed by atoms with Crippen LogP contribution in [-0.2, 0) is 4.79 Å². The first-order valence-corrected chi connectivity index (χ1v) is 5.46. The summed E-state index contributed by atoms with van der Waals surface area (Å²) >= 11 is 2.17. The number of alkyl halides is 1. The van der Waals surface area contributed by atoms with Crippen LogP contribution in [-0.4, -0.2) is 10.2 Å². The summed E-state index contributed by atoms with van der Waals surface area (Å²) in [5, 5.41) is 0. The molecule has 0 aromatic heterocycles. The number of ketones is 1. The van der Waals surface area contributed by atoms with Crippen molar-refractivity contribution in [2.45, 2.75) is 32.1 Å². The third-order valence-corrected chi connectivity index (χ3v) is 2.94. The minimum absolute atomic E-state index is 0.422. The van der Waals surface area contributed by atoms with E-state index in [9.17, 15) is 4.79 Å². The number of Topliss-reactive ketones (excluding diaryl/α,β-unsaturated/α-hetero) is 1. The largest absolute Gasteiger partial charge is 0.299 e. The summed E-state index contributed by atoms with van der Waals surface area (Å²) in [7, 11) is 0. The molecule has 1 saturated carbocycles. The first-order valence-electron chi connectivity index (χ1n) is 3.93. The maximum absolute atomic E-state index is 11.2. The molecule has 0 N–H and O–H groups in total. The molecule has 2 heteroatoms. The number of halogens is 1. The van der Waals surface area contributed by atoms with Crippen LogP contribution in [0.2, 0.25) is 0 Å². The average Bonchev–Trinajstić information content (AvgIpc) is 2.05.